The predicted molar refractivity (Wildman–Crippen MR) is 78.5 cm³/mol. The molecule has 0 unspecified atom stereocenters. The fraction of sp³-hybridized carbons (Fsp3) is 0.267. The molecule has 0 fully saturated rings. The Morgan fingerprint density at radius 3 is 2.50 bits per heavy atom. The molecule has 0 aromatic carbocycles. The number of pyridine rings is 1. The second-order valence-corrected chi connectivity index (χ2v) is 5.13. The Bertz CT molecular complexity index is 731. The molecule has 22 heavy (non-hydrogen) atoms. The first kappa shape index (κ1) is 15.6. The Balaban J connectivity index is 2.24. The monoisotopic (exact) mass is 304 g/mol. The maximum absolute atomic E-state index is 12.1. The van der Waals surface area contributed by atoms with Gasteiger partial charge < -0.3 is 19.8 Å². The van der Waals surface area contributed by atoms with Gasteiger partial charge in [-0.25, -0.2) is 4.79 Å². The Morgan fingerprint density at radius 2 is 2.00 bits per heavy atom. The van der Waals surface area contributed by atoms with Crippen molar-refractivity contribution in [3.05, 3.63) is 46.4 Å². The molecule has 2 heterocycles. The molecule has 0 aliphatic carbocycles. The van der Waals surface area contributed by atoms with Gasteiger partial charge in [-0.05, 0) is 30.2 Å². The fourth-order valence-corrected chi connectivity index (χ4v) is 1.96. The van der Waals surface area contributed by atoms with Crippen molar-refractivity contribution in [1.29, 1.82) is 0 Å². The van der Waals surface area contributed by atoms with E-state index >= 15 is 0 Å². The van der Waals surface area contributed by atoms with Crippen LogP contribution >= 0.6 is 0 Å². The lowest BCUT2D eigenvalue weighted by molar-refractivity contribution is -0.140. The Hall–Kier alpha value is -2.83. The highest BCUT2D eigenvalue weighted by Crippen LogP contribution is 2.15. The van der Waals surface area contributed by atoms with E-state index in [1.165, 1.54) is 18.4 Å². The van der Waals surface area contributed by atoms with Crippen LogP contribution in [0.4, 0.5) is 0 Å². The Morgan fingerprint density at radius 1 is 1.27 bits per heavy atom. The number of hydrogen-bond donors (Lipinski definition) is 3. The number of nitrogens with one attached hydrogen (secondary N) is 2. The Labute approximate surface area is 126 Å². The summed E-state index contributed by atoms with van der Waals surface area (Å²) in [4.78, 5) is 37.7. The summed E-state index contributed by atoms with van der Waals surface area (Å²) >= 11 is 0. The number of rotatable bonds is 5. The lowest BCUT2D eigenvalue weighted by atomic mass is 10.0. The molecular formula is C15H16N2O5. The summed E-state index contributed by atoms with van der Waals surface area (Å²) in [5.41, 5.74) is -0.327. The molecule has 2 rings (SSSR count). The summed E-state index contributed by atoms with van der Waals surface area (Å²) in [5, 5.41) is 11.4. The van der Waals surface area contributed by atoms with Gasteiger partial charge in [0.2, 0.25) is 0 Å². The number of H-pyrrole nitrogens is 1. The summed E-state index contributed by atoms with van der Waals surface area (Å²) in [6, 6.07) is 5.15. The average molecular weight is 304 g/mol. The first-order valence-corrected chi connectivity index (χ1v) is 6.71. The quantitative estimate of drug-likeness (QED) is 0.774. The minimum Gasteiger partial charge on any atom is -0.480 e. The fourth-order valence-electron chi connectivity index (χ4n) is 1.96. The third-order valence-electron chi connectivity index (χ3n) is 3.16. The minimum atomic E-state index is -1.15. The van der Waals surface area contributed by atoms with E-state index in [0.717, 1.165) is 0 Å². The molecule has 0 spiro atoms. The smallest absolute Gasteiger partial charge is 0.326 e. The molecule has 116 valence electrons. The van der Waals surface area contributed by atoms with Gasteiger partial charge in [0.15, 0.2) is 0 Å². The van der Waals surface area contributed by atoms with Crippen molar-refractivity contribution in [1.82, 2.24) is 10.3 Å². The average Bonchev–Trinajstić information content (AvgIpc) is 2.97. The van der Waals surface area contributed by atoms with Gasteiger partial charge in [0.1, 0.15) is 17.4 Å². The van der Waals surface area contributed by atoms with E-state index in [0.29, 0.717) is 11.5 Å². The molecule has 1 amide bonds. The molecule has 7 nitrogen and oxygen atoms in total. The van der Waals surface area contributed by atoms with Crippen LogP contribution in [-0.2, 0) is 4.79 Å². The van der Waals surface area contributed by atoms with Crippen molar-refractivity contribution in [3.8, 4) is 11.5 Å². The third-order valence-corrected chi connectivity index (χ3v) is 3.16. The van der Waals surface area contributed by atoms with Crippen LogP contribution < -0.4 is 10.9 Å². The molecule has 0 saturated carbocycles. The van der Waals surface area contributed by atoms with Crippen molar-refractivity contribution >= 4 is 11.9 Å². The van der Waals surface area contributed by atoms with E-state index in [4.69, 9.17) is 9.52 Å². The number of amides is 1. The zero-order valence-electron chi connectivity index (χ0n) is 12.1. The number of furan rings is 1. The van der Waals surface area contributed by atoms with Crippen LogP contribution in [0.5, 0.6) is 0 Å². The first-order valence-electron chi connectivity index (χ1n) is 6.71. The number of carbonyl (C=O) groups is 2. The van der Waals surface area contributed by atoms with Gasteiger partial charge in [-0.2, -0.15) is 0 Å². The number of aromatic nitrogens is 1. The van der Waals surface area contributed by atoms with E-state index in [1.54, 1.807) is 26.0 Å². The van der Waals surface area contributed by atoms with Crippen molar-refractivity contribution in [3.63, 3.8) is 0 Å². The van der Waals surface area contributed by atoms with E-state index < -0.39 is 23.5 Å². The highest BCUT2D eigenvalue weighted by molar-refractivity contribution is 5.96. The second kappa shape index (κ2) is 6.30. The molecule has 0 bridgehead atoms. The largest absolute Gasteiger partial charge is 0.480 e. The van der Waals surface area contributed by atoms with Gasteiger partial charge in [0.05, 0.1) is 12.0 Å². The summed E-state index contributed by atoms with van der Waals surface area (Å²) in [7, 11) is 0. The van der Waals surface area contributed by atoms with Crippen LogP contribution in [0.25, 0.3) is 11.5 Å². The number of carboxylic acids is 1. The van der Waals surface area contributed by atoms with Crippen molar-refractivity contribution < 1.29 is 19.1 Å². The third kappa shape index (κ3) is 3.25. The summed E-state index contributed by atoms with van der Waals surface area (Å²) in [6.07, 6.45) is 1.47. The van der Waals surface area contributed by atoms with Crippen molar-refractivity contribution in [2.75, 3.05) is 0 Å². The number of carbonyl (C=O) groups excluding carboxylic acids is 1. The topological polar surface area (TPSA) is 112 Å². The van der Waals surface area contributed by atoms with E-state index in [9.17, 15) is 14.4 Å². The van der Waals surface area contributed by atoms with E-state index in [-0.39, 0.29) is 11.5 Å². The van der Waals surface area contributed by atoms with Crippen LogP contribution in [0.3, 0.4) is 0 Å². The SMILES string of the molecule is CC(C)[C@@H](NC(=O)c1ccc(-c2ccco2)[nH]c1=O)C(=O)O. The van der Waals surface area contributed by atoms with Crippen molar-refractivity contribution in [2.45, 2.75) is 19.9 Å². The van der Waals surface area contributed by atoms with Crippen LogP contribution in [-0.4, -0.2) is 28.0 Å². The van der Waals surface area contributed by atoms with E-state index in [2.05, 4.69) is 10.3 Å². The number of carboxylic acid groups (broad SMARTS) is 1. The van der Waals surface area contributed by atoms with Crippen molar-refractivity contribution in [2.24, 2.45) is 5.92 Å². The summed E-state index contributed by atoms with van der Waals surface area (Å²) in [6.45, 7) is 3.34. The molecule has 3 N–H and O–H groups in total. The molecule has 2 aromatic rings. The lowest BCUT2D eigenvalue weighted by Crippen LogP contribution is -2.45. The molecule has 2 aromatic heterocycles. The van der Waals surface area contributed by atoms with Gasteiger partial charge in [0, 0.05) is 0 Å². The minimum absolute atomic E-state index is 0.151. The number of aromatic amines is 1. The number of aliphatic carboxylic acids is 1. The lowest BCUT2D eigenvalue weighted by Gasteiger charge is -2.17. The maximum Gasteiger partial charge on any atom is 0.326 e. The molecule has 0 saturated heterocycles. The van der Waals surface area contributed by atoms with Gasteiger partial charge >= 0.3 is 5.97 Å². The molecule has 0 aliphatic rings. The molecular weight excluding hydrogens is 288 g/mol. The zero-order valence-corrected chi connectivity index (χ0v) is 12.1. The standard InChI is InChI=1S/C15H16N2O5/c1-8(2)12(15(20)21)17-14(19)9-5-6-10(16-13(9)18)11-4-3-7-22-11/h3-8,12H,1-2H3,(H,16,18)(H,17,19)(H,20,21)/t12-/m1/s1. The molecule has 0 aliphatic heterocycles. The predicted octanol–water partition coefficient (Wildman–Crippen LogP) is 1.47. The second-order valence-electron chi connectivity index (χ2n) is 5.13. The zero-order chi connectivity index (χ0) is 16.3. The van der Waals surface area contributed by atoms with Crippen LogP contribution in [0.2, 0.25) is 0 Å². The molecule has 1 atom stereocenters. The number of hydrogen-bond acceptors (Lipinski definition) is 4. The van der Waals surface area contributed by atoms with Gasteiger partial charge in [0.25, 0.3) is 11.5 Å². The first-order chi connectivity index (χ1) is 10.4. The maximum atomic E-state index is 12.1. The van der Waals surface area contributed by atoms with Gasteiger partial charge in [-0.3, -0.25) is 9.59 Å². The molecule has 0 radical (unpaired) electrons. The molecule has 7 heteroatoms. The summed E-state index contributed by atoms with van der Waals surface area (Å²) < 4.78 is 5.15. The highest BCUT2D eigenvalue weighted by atomic mass is 16.4. The van der Waals surface area contributed by atoms with Crippen LogP contribution in [0.1, 0.15) is 24.2 Å². The van der Waals surface area contributed by atoms with Gasteiger partial charge in [-0.15, -0.1) is 0 Å². The van der Waals surface area contributed by atoms with Gasteiger partial charge in [-0.1, -0.05) is 13.8 Å². The summed E-state index contributed by atoms with van der Waals surface area (Å²) in [5.74, 6) is -1.71. The van der Waals surface area contributed by atoms with Crippen LogP contribution in [0, 0.1) is 5.92 Å². The van der Waals surface area contributed by atoms with E-state index in [1.807, 2.05) is 0 Å². The Kier molecular flexibility index (Phi) is 4.45. The van der Waals surface area contributed by atoms with Crippen LogP contribution in [0.15, 0.2) is 39.7 Å². The normalized spacial score (nSPS) is 12.1. The highest BCUT2D eigenvalue weighted by Gasteiger charge is 2.25.